The molecule has 274 valence electrons. The predicted octanol–water partition coefficient (Wildman–Crippen LogP) is 6.08. The van der Waals surface area contributed by atoms with Crippen LogP contribution in [0.25, 0.3) is 10.9 Å². The summed E-state index contributed by atoms with van der Waals surface area (Å²) in [6.45, 7) is 6.68. The first-order valence-electron chi connectivity index (χ1n) is 19.5. The van der Waals surface area contributed by atoms with E-state index in [2.05, 4.69) is 15.6 Å². The summed E-state index contributed by atoms with van der Waals surface area (Å²) in [5.74, 6) is -0.934. The molecule has 6 rings (SSSR count). The highest BCUT2D eigenvalue weighted by molar-refractivity contribution is 5.92. The van der Waals surface area contributed by atoms with Crippen molar-refractivity contribution in [2.75, 3.05) is 20.1 Å². The van der Waals surface area contributed by atoms with Crippen LogP contribution in [0.15, 0.2) is 24.4 Å². The Morgan fingerprint density at radius 2 is 1.60 bits per heavy atom. The second-order valence-electron chi connectivity index (χ2n) is 15.8. The van der Waals surface area contributed by atoms with Crippen LogP contribution in [0, 0.1) is 29.5 Å². The fraction of sp³-hybridized carbons (Fsp3) is 0.700. The molecule has 2 aliphatic heterocycles. The Morgan fingerprint density at radius 3 is 2.26 bits per heavy atom. The minimum absolute atomic E-state index is 0.0279. The maximum atomic E-state index is 14.9. The standard InChI is InChI=1S/C40H58FN5O4/c1-5-24(2)38(48)44-36(27-14-10-7-11-15-27)40(50)45-19-18-34-37(45)32(31-22-43-33-20-28(41)16-17-29(31)33)23-46(34)39(49)30(21-35(47)25(3)42-4)26-12-8-6-9-13-26/h16-17,20,22,24-27,30,32,34,36-37,42-43H,5-15,18-19,21,23H2,1-4H3,(H,44,48)/t24-,25+,30+,32-,34-,36+,37-/m1/s1. The third kappa shape index (κ3) is 7.37. The Balaban J connectivity index is 1.36. The molecule has 3 amide bonds. The van der Waals surface area contributed by atoms with Crippen LogP contribution in [-0.2, 0) is 19.2 Å². The summed E-state index contributed by atoms with van der Waals surface area (Å²) >= 11 is 0. The highest BCUT2D eigenvalue weighted by Gasteiger charge is 2.55. The number of likely N-dealkylation sites (tertiary alicyclic amines) is 2. The third-order valence-corrected chi connectivity index (χ3v) is 12.9. The van der Waals surface area contributed by atoms with E-state index in [4.69, 9.17) is 0 Å². The molecule has 50 heavy (non-hydrogen) atoms. The molecule has 3 heterocycles. The molecule has 4 fully saturated rings. The summed E-state index contributed by atoms with van der Waals surface area (Å²) in [4.78, 5) is 63.7. The maximum Gasteiger partial charge on any atom is 0.245 e. The molecule has 0 radical (unpaired) electrons. The molecule has 2 saturated heterocycles. The number of halogens is 1. The van der Waals surface area contributed by atoms with Gasteiger partial charge in [-0.15, -0.1) is 0 Å². The largest absolute Gasteiger partial charge is 0.361 e. The number of amides is 3. The van der Waals surface area contributed by atoms with Crippen LogP contribution in [0.2, 0.25) is 0 Å². The Bertz CT molecular complexity index is 1470. The van der Waals surface area contributed by atoms with Gasteiger partial charge in [0.2, 0.25) is 17.7 Å². The van der Waals surface area contributed by atoms with E-state index < -0.39 is 12.0 Å². The summed E-state index contributed by atoms with van der Waals surface area (Å²) in [6.07, 6.45) is 13.7. The zero-order valence-corrected chi connectivity index (χ0v) is 30.5. The van der Waals surface area contributed by atoms with E-state index in [1.807, 2.05) is 36.8 Å². The van der Waals surface area contributed by atoms with Gasteiger partial charge < -0.3 is 25.4 Å². The molecule has 0 bridgehead atoms. The highest BCUT2D eigenvalue weighted by Crippen LogP contribution is 2.46. The average molecular weight is 692 g/mol. The summed E-state index contributed by atoms with van der Waals surface area (Å²) in [6, 6.07) is 3.31. The van der Waals surface area contributed by atoms with E-state index in [9.17, 15) is 23.6 Å². The lowest BCUT2D eigenvalue weighted by molar-refractivity contribution is -0.142. The van der Waals surface area contributed by atoms with Gasteiger partial charge in [0.15, 0.2) is 0 Å². The Morgan fingerprint density at radius 1 is 0.920 bits per heavy atom. The zero-order valence-electron chi connectivity index (χ0n) is 30.5. The molecule has 3 N–H and O–H groups in total. The number of H-pyrrole nitrogens is 1. The number of rotatable bonds is 12. The Labute approximate surface area is 296 Å². The topological polar surface area (TPSA) is 115 Å². The minimum atomic E-state index is -0.603. The highest BCUT2D eigenvalue weighted by atomic mass is 19.1. The number of ketones is 1. The molecular formula is C40H58FN5O4. The Hall–Kier alpha value is -3.27. The van der Waals surface area contributed by atoms with Crippen LogP contribution in [0.1, 0.15) is 116 Å². The number of Topliss-reactive ketones (excluding diaryl/α,β-unsaturated/α-hetero) is 1. The van der Waals surface area contributed by atoms with Gasteiger partial charge in [0, 0.05) is 54.4 Å². The average Bonchev–Trinajstić information content (AvgIpc) is 3.86. The molecule has 2 aliphatic carbocycles. The van der Waals surface area contributed by atoms with Crippen molar-refractivity contribution in [3.05, 3.63) is 35.8 Å². The number of aromatic amines is 1. The van der Waals surface area contributed by atoms with Crippen molar-refractivity contribution >= 4 is 34.4 Å². The number of carbonyl (C=O) groups excluding carboxylic acids is 4. The first-order chi connectivity index (χ1) is 24.1. The number of nitrogens with one attached hydrogen (secondary N) is 3. The van der Waals surface area contributed by atoms with Crippen LogP contribution < -0.4 is 10.6 Å². The van der Waals surface area contributed by atoms with E-state index in [-0.39, 0.29) is 77.5 Å². The van der Waals surface area contributed by atoms with Gasteiger partial charge in [-0.3, -0.25) is 19.2 Å². The third-order valence-electron chi connectivity index (χ3n) is 12.9. The van der Waals surface area contributed by atoms with Crippen molar-refractivity contribution in [3.8, 4) is 0 Å². The number of aromatic nitrogens is 1. The molecule has 10 heteroatoms. The van der Waals surface area contributed by atoms with Crippen LogP contribution in [0.4, 0.5) is 4.39 Å². The first-order valence-corrected chi connectivity index (χ1v) is 19.5. The van der Waals surface area contributed by atoms with E-state index >= 15 is 0 Å². The summed E-state index contributed by atoms with van der Waals surface area (Å²) in [5, 5.41) is 7.16. The number of nitrogens with zero attached hydrogens (tertiary/aromatic N) is 2. The number of likely N-dealkylation sites (N-methyl/N-ethyl adjacent to an activating group) is 1. The lowest BCUT2D eigenvalue weighted by Gasteiger charge is -2.36. The van der Waals surface area contributed by atoms with Crippen LogP contribution in [0.5, 0.6) is 0 Å². The summed E-state index contributed by atoms with van der Waals surface area (Å²) in [5.41, 5.74) is 1.65. The first kappa shape index (κ1) is 36.5. The molecular weight excluding hydrogens is 633 g/mol. The van der Waals surface area contributed by atoms with E-state index in [1.165, 1.54) is 12.1 Å². The summed E-state index contributed by atoms with van der Waals surface area (Å²) in [7, 11) is 1.78. The minimum Gasteiger partial charge on any atom is -0.361 e. The molecule has 0 unspecified atom stereocenters. The number of hydrogen-bond donors (Lipinski definition) is 3. The molecule has 2 aromatic rings. The molecule has 0 spiro atoms. The van der Waals surface area contributed by atoms with Crippen LogP contribution in [0.3, 0.4) is 0 Å². The van der Waals surface area contributed by atoms with Crippen molar-refractivity contribution in [2.45, 2.75) is 134 Å². The van der Waals surface area contributed by atoms with Gasteiger partial charge in [-0.2, -0.15) is 0 Å². The number of fused-ring (bicyclic) bond motifs is 2. The van der Waals surface area contributed by atoms with Crippen LogP contribution >= 0.6 is 0 Å². The lowest BCUT2D eigenvalue weighted by Crippen LogP contribution is -2.56. The van der Waals surface area contributed by atoms with Crippen molar-refractivity contribution in [1.82, 2.24) is 25.4 Å². The fourth-order valence-electron chi connectivity index (χ4n) is 9.57. The van der Waals surface area contributed by atoms with Gasteiger partial charge in [-0.1, -0.05) is 52.4 Å². The second-order valence-corrected chi connectivity index (χ2v) is 15.8. The molecule has 4 aliphatic rings. The van der Waals surface area contributed by atoms with Gasteiger partial charge in [-0.05, 0) is 88.1 Å². The Kier molecular flexibility index (Phi) is 11.7. The van der Waals surface area contributed by atoms with Crippen molar-refractivity contribution in [3.63, 3.8) is 0 Å². The number of carbonyl (C=O) groups is 4. The van der Waals surface area contributed by atoms with Crippen molar-refractivity contribution < 1.29 is 23.6 Å². The second kappa shape index (κ2) is 16.0. The van der Waals surface area contributed by atoms with Crippen LogP contribution in [-0.4, -0.2) is 82.6 Å². The smallest absolute Gasteiger partial charge is 0.245 e. The van der Waals surface area contributed by atoms with Crippen molar-refractivity contribution in [1.29, 1.82) is 0 Å². The zero-order chi connectivity index (χ0) is 35.5. The van der Waals surface area contributed by atoms with Gasteiger partial charge in [-0.25, -0.2) is 4.39 Å². The SMILES string of the molecule is CC[C@@H](C)C(=O)N[C@H](C(=O)N1CC[C@@H]2[C@H]1[C@@H](c1c[nH]c3cc(F)ccc13)CN2C(=O)[C@@H](CC(=O)[C@H](C)NC)C1CCCCC1)C1CCCCC1. The predicted molar refractivity (Wildman–Crippen MR) is 193 cm³/mol. The maximum absolute atomic E-state index is 14.9. The van der Waals surface area contributed by atoms with E-state index in [0.717, 1.165) is 75.2 Å². The molecule has 1 aromatic carbocycles. The molecule has 7 atom stereocenters. The summed E-state index contributed by atoms with van der Waals surface area (Å²) < 4.78 is 14.3. The van der Waals surface area contributed by atoms with Gasteiger partial charge in [0.1, 0.15) is 17.6 Å². The monoisotopic (exact) mass is 691 g/mol. The quantitative estimate of drug-likeness (QED) is 0.250. The van der Waals surface area contributed by atoms with Gasteiger partial charge in [0.05, 0.1) is 18.1 Å². The van der Waals surface area contributed by atoms with E-state index in [1.54, 1.807) is 13.1 Å². The fourth-order valence-corrected chi connectivity index (χ4v) is 9.57. The van der Waals surface area contributed by atoms with Crippen molar-refractivity contribution in [2.24, 2.45) is 23.7 Å². The van der Waals surface area contributed by atoms with Gasteiger partial charge in [0.25, 0.3) is 0 Å². The molecule has 9 nitrogen and oxygen atoms in total. The lowest BCUT2D eigenvalue weighted by atomic mass is 9.76. The normalized spacial score (nSPS) is 25.7. The number of hydrogen-bond acceptors (Lipinski definition) is 5. The molecule has 2 saturated carbocycles. The molecule has 1 aromatic heterocycles. The van der Waals surface area contributed by atoms with E-state index in [0.29, 0.717) is 31.4 Å². The van der Waals surface area contributed by atoms with Gasteiger partial charge >= 0.3 is 0 Å². The number of benzene rings is 1.